The summed E-state index contributed by atoms with van der Waals surface area (Å²) >= 11 is 3.39. The van der Waals surface area contributed by atoms with Gasteiger partial charge in [-0.25, -0.2) is 0 Å². The van der Waals surface area contributed by atoms with Crippen LogP contribution in [0.5, 0.6) is 5.75 Å². The quantitative estimate of drug-likeness (QED) is 0.844. The van der Waals surface area contributed by atoms with Crippen LogP contribution in [-0.4, -0.2) is 18.6 Å². The molecule has 0 aromatic heterocycles. The minimum absolute atomic E-state index is 0.0592. The molecule has 4 nitrogen and oxygen atoms in total. The molecule has 2 rings (SSSR count). The number of hydrogen-bond acceptors (Lipinski definition) is 3. The Morgan fingerprint density at radius 3 is 2.94 bits per heavy atom. The third-order valence-corrected chi connectivity index (χ3v) is 3.26. The van der Waals surface area contributed by atoms with Gasteiger partial charge in [0, 0.05) is 22.6 Å². The van der Waals surface area contributed by atoms with E-state index in [4.69, 9.17) is 10.5 Å². The Morgan fingerprint density at radius 2 is 2.28 bits per heavy atom. The van der Waals surface area contributed by atoms with E-state index in [0.29, 0.717) is 25.6 Å². The molecule has 0 spiro atoms. The lowest BCUT2D eigenvalue weighted by Gasteiger charge is -2.10. The standard InChI is InChI=1S/C13H17BrN2O2/c14-10-1-4-12(9(7-10)8-15)18-6-5-13(17)16-11-2-3-11/h1,4,7,11H,2-3,5-6,8,15H2,(H,16,17). The van der Waals surface area contributed by atoms with Crippen LogP contribution in [0, 0.1) is 0 Å². The third-order valence-electron chi connectivity index (χ3n) is 2.77. The van der Waals surface area contributed by atoms with E-state index in [0.717, 1.165) is 28.6 Å². The molecule has 5 heteroatoms. The molecule has 3 N–H and O–H groups in total. The molecule has 0 aliphatic heterocycles. The van der Waals surface area contributed by atoms with Crippen LogP contribution < -0.4 is 15.8 Å². The van der Waals surface area contributed by atoms with Crippen molar-refractivity contribution in [1.82, 2.24) is 5.32 Å². The molecule has 1 aromatic carbocycles. The minimum Gasteiger partial charge on any atom is -0.493 e. The van der Waals surface area contributed by atoms with Crippen molar-refractivity contribution in [3.8, 4) is 5.75 Å². The van der Waals surface area contributed by atoms with Crippen LogP contribution in [0.1, 0.15) is 24.8 Å². The van der Waals surface area contributed by atoms with E-state index in [2.05, 4.69) is 21.2 Å². The van der Waals surface area contributed by atoms with Crippen molar-refractivity contribution in [2.45, 2.75) is 31.8 Å². The van der Waals surface area contributed by atoms with Gasteiger partial charge in [-0.3, -0.25) is 4.79 Å². The average molecular weight is 313 g/mol. The van der Waals surface area contributed by atoms with Crippen LogP contribution in [-0.2, 0) is 11.3 Å². The Balaban J connectivity index is 1.79. The smallest absolute Gasteiger partial charge is 0.223 e. The molecule has 1 aromatic rings. The molecule has 0 saturated heterocycles. The highest BCUT2D eigenvalue weighted by Gasteiger charge is 2.22. The maximum absolute atomic E-state index is 11.5. The van der Waals surface area contributed by atoms with Crippen LogP contribution in [0.3, 0.4) is 0 Å². The van der Waals surface area contributed by atoms with Gasteiger partial charge < -0.3 is 15.8 Å². The number of nitrogens with two attached hydrogens (primary N) is 1. The monoisotopic (exact) mass is 312 g/mol. The van der Waals surface area contributed by atoms with Gasteiger partial charge in [0.2, 0.25) is 5.91 Å². The van der Waals surface area contributed by atoms with Crippen molar-refractivity contribution in [2.75, 3.05) is 6.61 Å². The van der Waals surface area contributed by atoms with E-state index in [1.165, 1.54) is 0 Å². The van der Waals surface area contributed by atoms with Crippen LogP contribution in [0.2, 0.25) is 0 Å². The number of amides is 1. The van der Waals surface area contributed by atoms with Crippen molar-refractivity contribution in [2.24, 2.45) is 5.73 Å². The molecule has 1 amide bonds. The van der Waals surface area contributed by atoms with E-state index >= 15 is 0 Å². The zero-order valence-corrected chi connectivity index (χ0v) is 11.7. The maximum atomic E-state index is 11.5. The highest BCUT2D eigenvalue weighted by Crippen LogP contribution is 2.23. The normalized spacial score (nSPS) is 14.3. The second-order valence-corrected chi connectivity index (χ2v) is 5.31. The summed E-state index contributed by atoms with van der Waals surface area (Å²) in [5.41, 5.74) is 6.58. The summed E-state index contributed by atoms with van der Waals surface area (Å²) in [6.45, 7) is 0.802. The molecule has 1 aliphatic carbocycles. The highest BCUT2D eigenvalue weighted by atomic mass is 79.9. The molecular formula is C13H17BrN2O2. The van der Waals surface area contributed by atoms with E-state index in [9.17, 15) is 4.79 Å². The molecule has 0 bridgehead atoms. The number of ether oxygens (including phenoxy) is 1. The number of carbonyl (C=O) groups excluding carboxylic acids is 1. The number of nitrogens with one attached hydrogen (secondary N) is 1. The van der Waals surface area contributed by atoms with Crippen molar-refractivity contribution < 1.29 is 9.53 Å². The van der Waals surface area contributed by atoms with Crippen LogP contribution in [0.25, 0.3) is 0 Å². The number of benzene rings is 1. The summed E-state index contributed by atoms with van der Waals surface area (Å²) < 4.78 is 6.57. The van der Waals surface area contributed by atoms with Crippen molar-refractivity contribution >= 4 is 21.8 Å². The Labute approximate surface area is 115 Å². The van der Waals surface area contributed by atoms with Gasteiger partial charge in [0.1, 0.15) is 5.75 Å². The second kappa shape index (κ2) is 6.20. The highest BCUT2D eigenvalue weighted by molar-refractivity contribution is 9.10. The zero-order chi connectivity index (χ0) is 13.0. The molecular weight excluding hydrogens is 296 g/mol. The molecule has 1 aliphatic rings. The zero-order valence-electron chi connectivity index (χ0n) is 10.1. The molecule has 0 unspecified atom stereocenters. The van der Waals surface area contributed by atoms with Crippen molar-refractivity contribution in [1.29, 1.82) is 0 Å². The molecule has 1 fully saturated rings. The Hall–Kier alpha value is -1.07. The predicted octanol–water partition coefficient (Wildman–Crippen LogP) is 1.96. The Bertz CT molecular complexity index is 433. The third kappa shape index (κ3) is 3.99. The lowest BCUT2D eigenvalue weighted by Crippen LogP contribution is -2.26. The summed E-state index contributed by atoms with van der Waals surface area (Å²) in [7, 11) is 0. The van der Waals surface area contributed by atoms with E-state index in [-0.39, 0.29) is 5.91 Å². The molecule has 0 atom stereocenters. The average Bonchev–Trinajstić information content (AvgIpc) is 3.14. The van der Waals surface area contributed by atoms with Gasteiger partial charge in [-0.1, -0.05) is 15.9 Å². The lowest BCUT2D eigenvalue weighted by atomic mass is 10.2. The summed E-state index contributed by atoms with van der Waals surface area (Å²) in [6, 6.07) is 6.11. The second-order valence-electron chi connectivity index (χ2n) is 4.40. The maximum Gasteiger partial charge on any atom is 0.223 e. The summed E-state index contributed by atoms with van der Waals surface area (Å²) in [5.74, 6) is 0.809. The van der Waals surface area contributed by atoms with Crippen LogP contribution >= 0.6 is 15.9 Å². The SMILES string of the molecule is NCc1cc(Br)ccc1OCCC(=O)NC1CC1. The molecule has 0 heterocycles. The largest absolute Gasteiger partial charge is 0.493 e. The first-order valence-electron chi connectivity index (χ1n) is 6.09. The number of carbonyl (C=O) groups is 1. The summed E-state index contributed by atoms with van der Waals surface area (Å²) in [4.78, 5) is 11.5. The fourth-order valence-corrected chi connectivity index (χ4v) is 2.04. The van der Waals surface area contributed by atoms with Gasteiger partial charge in [0.25, 0.3) is 0 Å². The Kier molecular flexibility index (Phi) is 4.60. The molecule has 98 valence electrons. The minimum atomic E-state index is 0.0592. The van der Waals surface area contributed by atoms with Gasteiger partial charge >= 0.3 is 0 Å². The summed E-state index contributed by atoms with van der Waals surface area (Å²) in [6.07, 6.45) is 2.60. The molecule has 1 saturated carbocycles. The van der Waals surface area contributed by atoms with Crippen LogP contribution in [0.15, 0.2) is 22.7 Å². The van der Waals surface area contributed by atoms with Gasteiger partial charge in [-0.15, -0.1) is 0 Å². The topological polar surface area (TPSA) is 64.3 Å². The van der Waals surface area contributed by atoms with Crippen molar-refractivity contribution in [3.63, 3.8) is 0 Å². The van der Waals surface area contributed by atoms with Gasteiger partial charge in [-0.05, 0) is 31.0 Å². The first kappa shape index (κ1) is 13.4. The number of hydrogen-bond donors (Lipinski definition) is 2. The molecule has 0 radical (unpaired) electrons. The van der Waals surface area contributed by atoms with Gasteiger partial charge in [0.05, 0.1) is 13.0 Å². The first-order valence-corrected chi connectivity index (χ1v) is 6.89. The van der Waals surface area contributed by atoms with Gasteiger partial charge in [-0.2, -0.15) is 0 Å². The van der Waals surface area contributed by atoms with E-state index in [1.807, 2.05) is 18.2 Å². The number of halogens is 1. The fraction of sp³-hybridized carbons (Fsp3) is 0.462. The van der Waals surface area contributed by atoms with E-state index in [1.54, 1.807) is 0 Å². The van der Waals surface area contributed by atoms with Crippen molar-refractivity contribution in [3.05, 3.63) is 28.2 Å². The molecule has 18 heavy (non-hydrogen) atoms. The van der Waals surface area contributed by atoms with Crippen LogP contribution in [0.4, 0.5) is 0 Å². The Morgan fingerprint density at radius 1 is 1.50 bits per heavy atom. The summed E-state index contributed by atoms with van der Waals surface area (Å²) in [5, 5.41) is 2.93. The van der Waals surface area contributed by atoms with E-state index < -0.39 is 0 Å². The lowest BCUT2D eigenvalue weighted by molar-refractivity contribution is -0.121. The predicted molar refractivity (Wildman–Crippen MR) is 73.3 cm³/mol. The number of rotatable bonds is 6. The fourth-order valence-electron chi connectivity index (χ4n) is 1.63. The first-order chi connectivity index (χ1) is 8.69. The van der Waals surface area contributed by atoms with Gasteiger partial charge in [0.15, 0.2) is 0 Å².